The number of nitrogens with zero attached hydrogens (tertiary/aromatic N) is 2. The van der Waals surface area contributed by atoms with E-state index in [-0.39, 0.29) is 32.0 Å². The van der Waals surface area contributed by atoms with Crippen LogP contribution in [0.4, 0.5) is 15.8 Å². The molecule has 0 aliphatic heterocycles. The van der Waals surface area contributed by atoms with Gasteiger partial charge in [0.05, 0.1) is 18.8 Å². The van der Waals surface area contributed by atoms with Gasteiger partial charge in [-0.1, -0.05) is 18.1 Å². The summed E-state index contributed by atoms with van der Waals surface area (Å²) < 4.78 is 26.6. The number of halogens is 1. The zero-order chi connectivity index (χ0) is 26.2. The Hall–Kier alpha value is -3.52. The number of fused-ring (bicyclic) bond motifs is 1. The van der Waals surface area contributed by atoms with Crippen molar-refractivity contribution >= 4 is 40.4 Å². The Balaban J connectivity index is 2.01. The fourth-order valence-electron chi connectivity index (χ4n) is 3.70. The van der Waals surface area contributed by atoms with Gasteiger partial charge in [0.25, 0.3) is 0 Å². The Morgan fingerprint density at radius 1 is 1.19 bits per heavy atom. The van der Waals surface area contributed by atoms with Crippen LogP contribution >= 0.6 is 12.1 Å². The highest BCUT2D eigenvalue weighted by Crippen LogP contribution is 2.28. The van der Waals surface area contributed by atoms with Crippen molar-refractivity contribution in [3.05, 3.63) is 69.3 Å². The molecule has 1 aromatic heterocycles. The van der Waals surface area contributed by atoms with E-state index in [9.17, 15) is 9.59 Å². The van der Waals surface area contributed by atoms with Crippen LogP contribution in [-0.4, -0.2) is 52.1 Å². The molecule has 0 aliphatic rings. The van der Waals surface area contributed by atoms with Crippen LogP contribution in [0.25, 0.3) is 11.0 Å². The van der Waals surface area contributed by atoms with Crippen molar-refractivity contribution in [3.63, 3.8) is 0 Å². The lowest BCUT2D eigenvalue weighted by Gasteiger charge is -2.17. The maximum absolute atomic E-state index is 15.2. The Labute approximate surface area is 214 Å². The molecule has 36 heavy (non-hydrogen) atoms. The van der Waals surface area contributed by atoms with Gasteiger partial charge in [-0.2, -0.15) is 0 Å². The molecule has 0 unspecified atom stereocenters. The second-order valence-electron chi connectivity index (χ2n) is 8.34. The highest BCUT2D eigenvalue weighted by atomic mass is 32.2. The second-order valence-corrected chi connectivity index (χ2v) is 9.16. The molecule has 3 aromatic rings. The lowest BCUT2D eigenvalue weighted by molar-refractivity contribution is -0.128. The SMILES string of the molecule is C#CCN(C)C(=O)CNCc1c(Cc2cccc(NSNC)c2F)c(=O)oc2cc(N(C)C)ccc12. The van der Waals surface area contributed by atoms with Gasteiger partial charge in [0, 0.05) is 68.9 Å². The summed E-state index contributed by atoms with van der Waals surface area (Å²) in [6, 6.07) is 10.6. The van der Waals surface area contributed by atoms with E-state index in [0.29, 0.717) is 33.3 Å². The first-order valence-corrected chi connectivity index (χ1v) is 12.1. The number of carbonyl (C=O) groups excluding carboxylic acids is 1. The van der Waals surface area contributed by atoms with E-state index < -0.39 is 11.4 Å². The molecule has 3 rings (SSSR count). The average molecular weight is 512 g/mol. The second kappa shape index (κ2) is 12.4. The third-order valence-corrected chi connectivity index (χ3v) is 6.19. The summed E-state index contributed by atoms with van der Waals surface area (Å²) in [4.78, 5) is 28.8. The number of nitrogens with one attached hydrogen (secondary N) is 3. The number of likely N-dealkylation sites (N-methyl/N-ethyl adjacent to an activating group) is 1. The molecule has 0 aliphatic carbocycles. The molecule has 0 spiro atoms. The number of benzene rings is 2. The molecule has 0 bridgehead atoms. The Morgan fingerprint density at radius 3 is 2.67 bits per heavy atom. The lowest BCUT2D eigenvalue weighted by Crippen LogP contribution is -2.35. The van der Waals surface area contributed by atoms with Gasteiger partial charge in [-0.3, -0.25) is 4.79 Å². The summed E-state index contributed by atoms with van der Waals surface area (Å²) >= 11 is 1.14. The van der Waals surface area contributed by atoms with E-state index >= 15 is 4.39 Å². The van der Waals surface area contributed by atoms with Gasteiger partial charge in [0.2, 0.25) is 5.91 Å². The molecular formula is C26H30FN5O3S. The normalized spacial score (nSPS) is 10.8. The summed E-state index contributed by atoms with van der Waals surface area (Å²) in [5, 5.41) is 3.82. The van der Waals surface area contributed by atoms with Crippen molar-refractivity contribution in [3.8, 4) is 12.3 Å². The summed E-state index contributed by atoms with van der Waals surface area (Å²) in [7, 11) is 7.13. The number of rotatable bonds is 11. The summed E-state index contributed by atoms with van der Waals surface area (Å²) in [5.74, 6) is 1.81. The molecule has 10 heteroatoms. The quantitative estimate of drug-likeness (QED) is 0.206. The minimum atomic E-state index is -0.548. The number of anilines is 2. The van der Waals surface area contributed by atoms with Crippen LogP contribution in [0.2, 0.25) is 0 Å². The number of terminal acetylenes is 1. The largest absolute Gasteiger partial charge is 0.422 e. The molecule has 8 nitrogen and oxygen atoms in total. The average Bonchev–Trinajstić information content (AvgIpc) is 2.85. The van der Waals surface area contributed by atoms with Gasteiger partial charge in [0.1, 0.15) is 5.58 Å². The van der Waals surface area contributed by atoms with E-state index in [2.05, 4.69) is 20.7 Å². The molecule has 2 aromatic carbocycles. The Bertz CT molecular complexity index is 1340. The van der Waals surface area contributed by atoms with Crippen LogP contribution < -0.4 is 25.3 Å². The van der Waals surface area contributed by atoms with Crippen LogP contribution in [0.5, 0.6) is 0 Å². The van der Waals surface area contributed by atoms with Crippen LogP contribution in [0.15, 0.2) is 45.6 Å². The fraction of sp³-hybridized carbons (Fsp3) is 0.308. The number of amides is 1. The number of hydrogen-bond donors (Lipinski definition) is 3. The van der Waals surface area contributed by atoms with Gasteiger partial charge in [-0.15, -0.1) is 6.42 Å². The van der Waals surface area contributed by atoms with Gasteiger partial charge in [0.15, 0.2) is 5.82 Å². The fourth-order valence-corrected chi connectivity index (χ4v) is 4.07. The van der Waals surface area contributed by atoms with Crippen LogP contribution in [-0.2, 0) is 17.8 Å². The van der Waals surface area contributed by atoms with Gasteiger partial charge < -0.3 is 24.3 Å². The zero-order valence-electron chi connectivity index (χ0n) is 20.8. The minimum Gasteiger partial charge on any atom is -0.422 e. The van der Waals surface area contributed by atoms with Crippen LogP contribution in [0.3, 0.4) is 0 Å². The summed E-state index contributed by atoms with van der Waals surface area (Å²) in [5.41, 5.74) is 2.37. The van der Waals surface area contributed by atoms with E-state index in [1.54, 1.807) is 38.4 Å². The minimum absolute atomic E-state index is 0.0290. The van der Waals surface area contributed by atoms with E-state index in [0.717, 1.165) is 17.8 Å². The van der Waals surface area contributed by atoms with Crippen molar-refractivity contribution in [2.75, 3.05) is 50.9 Å². The first kappa shape index (κ1) is 27.1. The molecular weight excluding hydrogens is 481 g/mol. The standard InChI is InChI=1S/C26H30FN5O3S/c1-6-12-32(5)24(33)16-29-15-21-19-11-10-18(31(3)4)14-23(19)35-26(34)20(21)13-17-8-7-9-22(25(17)27)30-36-28-2/h1,7-11,14,28-30H,12-13,15-16H2,2-5H3. The maximum atomic E-state index is 15.2. The summed E-state index contributed by atoms with van der Waals surface area (Å²) in [6.45, 7) is 0.445. The molecule has 0 saturated heterocycles. The lowest BCUT2D eigenvalue weighted by atomic mass is 9.97. The number of carbonyl (C=O) groups is 1. The molecule has 0 saturated carbocycles. The van der Waals surface area contributed by atoms with Crippen molar-refractivity contribution in [1.82, 2.24) is 14.9 Å². The molecule has 1 amide bonds. The topological polar surface area (TPSA) is 89.8 Å². The third-order valence-electron chi connectivity index (χ3n) is 5.66. The monoisotopic (exact) mass is 511 g/mol. The molecule has 0 fully saturated rings. The third kappa shape index (κ3) is 6.37. The highest BCUT2D eigenvalue weighted by molar-refractivity contribution is 7.98. The van der Waals surface area contributed by atoms with Gasteiger partial charge >= 0.3 is 5.63 Å². The van der Waals surface area contributed by atoms with Crippen LogP contribution in [0, 0.1) is 18.2 Å². The van der Waals surface area contributed by atoms with Crippen LogP contribution in [0.1, 0.15) is 16.7 Å². The Morgan fingerprint density at radius 2 is 1.97 bits per heavy atom. The Kier molecular flexibility index (Phi) is 9.36. The predicted molar refractivity (Wildman–Crippen MR) is 144 cm³/mol. The predicted octanol–water partition coefficient (Wildman–Crippen LogP) is 2.96. The van der Waals surface area contributed by atoms with E-state index in [1.807, 2.05) is 31.1 Å². The van der Waals surface area contributed by atoms with E-state index in [4.69, 9.17) is 10.8 Å². The first-order chi connectivity index (χ1) is 17.3. The molecule has 1 heterocycles. The van der Waals surface area contributed by atoms with Crippen molar-refractivity contribution < 1.29 is 13.6 Å². The maximum Gasteiger partial charge on any atom is 0.340 e. The van der Waals surface area contributed by atoms with Crippen molar-refractivity contribution in [2.45, 2.75) is 13.0 Å². The zero-order valence-corrected chi connectivity index (χ0v) is 21.6. The molecule has 3 N–H and O–H groups in total. The number of hydrogen-bond acceptors (Lipinski definition) is 8. The first-order valence-electron chi connectivity index (χ1n) is 11.3. The van der Waals surface area contributed by atoms with Gasteiger partial charge in [-0.25, -0.2) is 13.9 Å². The van der Waals surface area contributed by atoms with E-state index in [1.165, 1.54) is 4.90 Å². The van der Waals surface area contributed by atoms with Crippen molar-refractivity contribution in [2.24, 2.45) is 0 Å². The highest BCUT2D eigenvalue weighted by Gasteiger charge is 2.19. The smallest absolute Gasteiger partial charge is 0.340 e. The van der Waals surface area contributed by atoms with Crippen molar-refractivity contribution in [1.29, 1.82) is 0 Å². The summed E-state index contributed by atoms with van der Waals surface area (Å²) in [6.07, 6.45) is 5.32. The van der Waals surface area contributed by atoms with Gasteiger partial charge in [-0.05, 0) is 36.4 Å². The molecule has 0 atom stereocenters. The molecule has 190 valence electrons. The molecule has 0 radical (unpaired) electrons.